The van der Waals surface area contributed by atoms with Gasteiger partial charge in [-0.2, -0.15) is 0 Å². The van der Waals surface area contributed by atoms with Gasteiger partial charge in [0, 0.05) is 12.8 Å². The normalized spacial score (nSPS) is 16.3. The fourth-order valence-electron chi connectivity index (χ4n) is 3.73. The minimum atomic E-state index is -0.674. The average Bonchev–Trinajstić information content (AvgIpc) is 2.69. The quantitative estimate of drug-likeness (QED) is 0.704. The van der Waals surface area contributed by atoms with Crippen molar-refractivity contribution in [3.05, 3.63) is 77.9 Å². The van der Waals surface area contributed by atoms with Crippen LogP contribution in [0.25, 0.3) is 10.8 Å². The molecule has 0 atom stereocenters. The van der Waals surface area contributed by atoms with E-state index in [1.807, 2.05) is 54.6 Å². The van der Waals surface area contributed by atoms with Crippen LogP contribution >= 0.6 is 0 Å². The topological polar surface area (TPSA) is 58.6 Å². The van der Waals surface area contributed by atoms with Gasteiger partial charge in [0.25, 0.3) is 0 Å². The van der Waals surface area contributed by atoms with Gasteiger partial charge in [-0.05, 0) is 35.5 Å². The Morgan fingerprint density at radius 1 is 0.923 bits per heavy atom. The minimum absolute atomic E-state index is 0.0501. The number of esters is 1. The number of benzene rings is 3. The molecule has 26 heavy (non-hydrogen) atoms. The number of phenols is 1. The predicted octanol–water partition coefficient (Wildman–Crippen LogP) is 3.98. The molecule has 1 fully saturated rings. The first-order valence-electron chi connectivity index (χ1n) is 8.90. The molecule has 0 aromatic heterocycles. The summed E-state index contributed by atoms with van der Waals surface area (Å²) in [5.74, 6) is -0.532. The van der Waals surface area contributed by atoms with Gasteiger partial charge in [0.1, 0.15) is 16.9 Å². The molecule has 1 saturated heterocycles. The van der Waals surface area contributed by atoms with Crippen molar-refractivity contribution >= 4 is 16.7 Å². The Hall–Kier alpha value is -2.85. The maximum Gasteiger partial charge on any atom is 0.343 e. The van der Waals surface area contributed by atoms with Gasteiger partial charge in [0.05, 0.1) is 0 Å². The van der Waals surface area contributed by atoms with Gasteiger partial charge in [-0.25, -0.2) is 4.79 Å². The summed E-state index contributed by atoms with van der Waals surface area (Å²) < 4.78 is 6.10. The number of piperidine rings is 1. The molecule has 1 heterocycles. The van der Waals surface area contributed by atoms with Crippen LogP contribution in [0.5, 0.6) is 5.75 Å². The summed E-state index contributed by atoms with van der Waals surface area (Å²) in [6.45, 7) is 1.56. The molecule has 0 bridgehead atoms. The largest absolute Gasteiger partial charge is 0.507 e. The number of fused-ring (bicyclic) bond motifs is 1. The average molecular weight is 347 g/mol. The standard InChI is InChI=1S/C22H21NO3/c24-19-11-10-16-6-4-5-9-18(16)20(19)21(25)26-22(12-14-23-15-13-22)17-7-2-1-3-8-17/h1-11,23-24H,12-15H2. The molecule has 4 rings (SSSR count). The lowest BCUT2D eigenvalue weighted by molar-refractivity contribution is -0.0378. The molecular weight excluding hydrogens is 326 g/mol. The van der Waals surface area contributed by atoms with Crippen LogP contribution in [-0.4, -0.2) is 24.2 Å². The Morgan fingerprint density at radius 2 is 1.62 bits per heavy atom. The first-order valence-corrected chi connectivity index (χ1v) is 8.90. The zero-order valence-corrected chi connectivity index (χ0v) is 14.4. The number of phenolic OH excluding ortho intramolecular Hbond substituents is 1. The van der Waals surface area contributed by atoms with Crippen LogP contribution in [0.2, 0.25) is 0 Å². The maximum absolute atomic E-state index is 13.1. The number of aromatic hydroxyl groups is 1. The molecule has 132 valence electrons. The SMILES string of the molecule is O=C(OC1(c2ccccc2)CCNCC1)c1c(O)ccc2ccccc12. The van der Waals surface area contributed by atoms with Crippen molar-refractivity contribution in [1.29, 1.82) is 0 Å². The van der Waals surface area contributed by atoms with Crippen LogP contribution in [0.1, 0.15) is 28.8 Å². The zero-order chi connectivity index (χ0) is 18.0. The molecule has 1 aliphatic heterocycles. The third-order valence-electron chi connectivity index (χ3n) is 5.11. The number of carbonyl (C=O) groups excluding carboxylic acids is 1. The Bertz CT molecular complexity index is 931. The molecule has 2 N–H and O–H groups in total. The van der Waals surface area contributed by atoms with Crippen molar-refractivity contribution in [3.8, 4) is 5.75 Å². The molecule has 0 saturated carbocycles. The van der Waals surface area contributed by atoms with E-state index in [9.17, 15) is 9.90 Å². The van der Waals surface area contributed by atoms with Crippen LogP contribution in [0.3, 0.4) is 0 Å². The van der Waals surface area contributed by atoms with Crippen molar-refractivity contribution in [1.82, 2.24) is 5.32 Å². The third kappa shape index (κ3) is 2.93. The minimum Gasteiger partial charge on any atom is -0.507 e. The Kier molecular flexibility index (Phi) is 4.35. The Morgan fingerprint density at radius 3 is 2.38 bits per heavy atom. The van der Waals surface area contributed by atoms with E-state index < -0.39 is 11.6 Å². The zero-order valence-electron chi connectivity index (χ0n) is 14.4. The van der Waals surface area contributed by atoms with Crippen molar-refractivity contribution in [2.45, 2.75) is 18.4 Å². The summed E-state index contributed by atoms with van der Waals surface area (Å²) >= 11 is 0. The summed E-state index contributed by atoms with van der Waals surface area (Å²) in [6.07, 6.45) is 1.41. The van der Waals surface area contributed by atoms with Gasteiger partial charge in [0.2, 0.25) is 0 Å². The fraction of sp³-hybridized carbons (Fsp3) is 0.227. The number of carbonyl (C=O) groups is 1. The highest BCUT2D eigenvalue weighted by Crippen LogP contribution is 2.37. The highest BCUT2D eigenvalue weighted by molar-refractivity contribution is 6.07. The van der Waals surface area contributed by atoms with Crippen LogP contribution in [0, 0.1) is 0 Å². The summed E-state index contributed by atoms with van der Waals surface area (Å²) in [7, 11) is 0. The van der Waals surface area contributed by atoms with Gasteiger partial charge in [-0.3, -0.25) is 0 Å². The second-order valence-corrected chi connectivity index (χ2v) is 6.68. The molecule has 4 nitrogen and oxygen atoms in total. The molecule has 1 aliphatic rings. The van der Waals surface area contributed by atoms with Crippen LogP contribution in [-0.2, 0) is 10.3 Å². The van der Waals surface area contributed by atoms with Gasteiger partial charge < -0.3 is 15.2 Å². The monoisotopic (exact) mass is 347 g/mol. The molecule has 3 aromatic rings. The van der Waals surface area contributed by atoms with Crippen molar-refractivity contribution < 1.29 is 14.6 Å². The highest BCUT2D eigenvalue weighted by Gasteiger charge is 2.38. The van der Waals surface area contributed by atoms with Crippen LogP contribution in [0.15, 0.2) is 66.7 Å². The highest BCUT2D eigenvalue weighted by atomic mass is 16.6. The molecular formula is C22H21NO3. The number of nitrogens with one attached hydrogen (secondary N) is 1. The summed E-state index contributed by atoms with van der Waals surface area (Å²) in [5, 5.41) is 15.3. The number of rotatable bonds is 3. The summed E-state index contributed by atoms with van der Waals surface area (Å²) in [4.78, 5) is 13.1. The Balaban J connectivity index is 1.76. The molecule has 4 heteroatoms. The van der Waals surface area contributed by atoms with E-state index in [0.717, 1.165) is 24.0 Å². The van der Waals surface area contributed by atoms with E-state index in [-0.39, 0.29) is 11.3 Å². The lowest BCUT2D eigenvalue weighted by atomic mass is 9.84. The van der Waals surface area contributed by atoms with E-state index in [1.165, 1.54) is 0 Å². The molecule has 0 unspecified atom stereocenters. The lowest BCUT2D eigenvalue weighted by Crippen LogP contribution is -2.43. The summed E-state index contributed by atoms with van der Waals surface area (Å²) in [6, 6.07) is 20.8. The molecule has 3 aromatic carbocycles. The number of ether oxygens (including phenoxy) is 1. The first-order chi connectivity index (χ1) is 12.7. The predicted molar refractivity (Wildman–Crippen MR) is 101 cm³/mol. The lowest BCUT2D eigenvalue weighted by Gasteiger charge is -2.37. The van der Waals surface area contributed by atoms with Crippen LogP contribution in [0.4, 0.5) is 0 Å². The van der Waals surface area contributed by atoms with Gasteiger partial charge in [-0.1, -0.05) is 60.7 Å². The molecule has 0 amide bonds. The van der Waals surface area contributed by atoms with E-state index >= 15 is 0 Å². The maximum atomic E-state index is 13.1. The Labute approximate surface area is 152 Å². The van der Waals surface area contributed by atoms with Crippen molar-refractivity contribution in [3.63, 3.8) is 0 Å². The van der Waals surface area contributed by atoms with E-state index in [1.54, 1.807) is 12.1 Å². The third-order valence-corrected chi connectivity index (χ3v) is 5.11. The van der Waals surface area contributed by atoms with E-state index in [4.69, 9.17) is 4.74 Å². The number of hydrogen-bond acceptors (Lipinski definition) is 4. The van der Waals surface area contributed by atoms with Gasteiger partial charge in [0.15, 0.2) is 0 Å². The summed E-state index contributed by atoms with van der Waals surface area (Å²) in [5.41, 5.74) is 0.555. The smallest absolute Gasteiger partial charge is 0.343 e. The van der Waals surface area contributed by atoms with E-state index in [2.05, 4.69) is 5.32 Å². The van der Waals surface area contributed by atoms with E-state index in [0.29, 0.717) is 18.2 Å². The van der Waals surface area contributed by atoms with Crippen molar-refractivity contribution in [2.75, 3.05) is 13.1 Å². The van der Waals surface area contributed by atoms with Gasteiger partial charge >= 0.3 is 5.97 Å². The van der Waals surface area contributed by atoms with Gasteiger partial charge in [-0.15, -0.1) is 0 Å². The molecule has 0 aliphatic carbocycles. The van der Waals surface area contributed by atoms with Crippen LogP contribution < -0.4 is 5.32 Å². The first kappa shape index (κ1) is 16.6. The molecule has 0 radical (unpaired) electrons. The second-order valence-electron chi connectivity index (χ2n) is 6.68. The second kappa shape index (κ2) is 6.81. The fourth-order valence-corrected chi connectivity index (χ4v) is 3.73. The van der Waals surface area contributed by atoms with Crippen molar-refractivity contribution in [2.24, 2.45) is 0 Å². The number of hydrogen-bond donors (Lipinski definition) is 2. The molecule has 0 spiro atoms.